The van der Waals surface area contributed by atoms with Crippen molar-refractivity contribution in [2.45, 2.75) is 45.4 Å². The van der Waals surface area contributed by atoms with Gasteiger partial charge in [-0.1, -0.05) is 11.5 Å². The summed E-state index contributed by atoms with van der Waals surface area (Å²) in [6.07, 6.45) is -4.72. The van der Waals surface area contributed by atoms with Gasteiger partial charge in [-0.25, -0.2) is 8.78 Å². The van der Waals surface area contributed by atoms with Gasteiger partial charge in [0, 0.05) is 6.92 Å². The third-order valence-corrected chi connectivity index (χ3v) is 3.03. The van der Waals surface area contributed by atoms with E-state index in [9.17, 15) is 22.0 Å². The zero-order chi connectivity index (χ0) is 15.9. The second kappa shape index (κ2) is 4.93. The summed E-state index contributed by atoms with van der Waals surface area (Å²) in [7, 11) is 5.46. The Bertz CT molecular complexity index is 503. The third kappa shape index (κ3) is 3.43. The van der Waals surface area contributed by atoms with Crippen LogP contribution >= 0.6 is 0 Å². The van der Waals surface area contributed by atoms with Crippen LogP contribution in [-0.4, -0.2) is 19.4 Å². The predicted octanol–water partition coefficient (Wildman–Crippen LogP) is 3.62. The van der Waals surface area contributed by atoms with Crippen LogP contribution in [0.4, 0.5) is 22.0 Å². The highest BCUT2D eigenvalue weighted by Crippen LogP contribution is 2.41. The fourth-order valence-corrected chi connectivity index (χ4v) is 1.59. The van der Waals surface area contributed by atoms with E-state index in [4.69, 9.17) is 12.6 Å². The molecule has 1 nitrogen and oxygen atoms in total. The van der Waals surface area contributed by atoms with Crippen LogP contribution < -0.4 is 10.2 Å². The molecule has 2 radical (unpaired) electrons. The van der Waals surface area contributed by atoms with E-state index in [-0.39, 0.29) is 11.0 Å². The molecule has 20 heavy (non-hydrogen) atoms. The van der Waals surface area contributed by atoms with Crippen LogP contribution in [0.2, 0.25) is 0 Å². The molecule has 0 unspecified atom stereocenters. The molecule has 0 spiro atoms. The van der Waals surface area contributed by atoms with Crippen molar-refractivity contribution in [2.75, 3.05) is 0 Å². The maximum Gasteiger partial charge on any atom is 0.420 e. The molecule has 0 saturated heterocycles. The lowest BCUT2D eigenvalue weighted by Gasteiger charge is -2.33. The largest absolute Gasteiger partial charge is 0.481 e. The highest BCUT2D eigenvalue weighted by Gasteiger charge is 2.46. The van der Waals surface area contributed by atoms with Gasteiger partial charge in [-0.05, 0) is 32.4 Å². The Labute approximate surface area is 115 Å². The summed E-state index contributed by atoms with van der Waals surface area (Å²) in [6.45, 7) is 3.82. The first-order valence-corrected chi connectivity index (χ1v) is 5.80. The topological polar surface area (TPSA) is 9.23 Å². The molecule has 0 aliphatic carbocycles. The maximum atomic E-state index is 13.4. The van der Waals surface area contributed by atoms with Crippen molar-refractivity contribution in [2.24, 2.45) is 0 Å². The van der Waals surface area contributed by atoms with Gasteiger partial charge in [0.1, 0.15) is 19.2 Å². The minimum Gasteiger partial charge on any atom is -0.481 e. The Morgan fingerprint density at radius 3 is 1.90 bits per heavy atom. The fourth-order valence-electron chi connectivity index (χ4n) is 1.59. The van der Waals surface area contributed by atoms with Crippen molar-refractivity contribution in [3.63, 3.8) is 0 Å². The standard InChI is InChI=1S/C13H14BF5O/c1-7-5-8(14)6-9(10(7)13(17,18)19)20-11(2,3)12(4,15)16/h5-6H,1-4H3. The van der Waals surface area contributed by atoms with Gasteiger partial charge >= 0.3 is 6.18 Å². The summed E-state index contributed by atoms with van der Waals surface area (Å²) in [5.74, 6) is -4.02. The molecule has 1 rings (SSSR count). The number of hydrogen-bond donors (Lipinski definition) is 0. The van der Waals surface area contributed by atoms with Crippen molar-refractivity contribution >= 4 is 13.3 Å². The average molecular weight is 292 g/mol. The summed E-state index contributed by atoms with van der Waals surface area (Å²) in [5, 5.41) is 0. The predicted molar refractivity (Wildman–Crippen MR) is 66.9 cm³/mol. The van der Waals surface area contributed by atoms with Crippen LogP contribution in [0, 0.1) is 6.92 Å². The first-order chi connectivity index (χ1) is 8.75. The van der Waals surface area contributed by atoms with E-state index in [0.29, 0.717) is 6.92 Å². The Morgan fingerprint density at radius 2 is 1.50 bits per heavy atom. The van der Waals surface area contributed by atoms with E-state index in [2.05, 4.69) is 0 Å². The molecule has 7 heteroatoms. The number of ether oxygens (including phenoxy) is 1. The number of hydrogen-bond acceptors (Lipinski definition) is 1. The van der Waals surface area contributed by atoms with Crippen LogP contribution in [0.3, 0.4) is 0 Å². The molecular formula is C13H14BF5O. The van der Waals surface area contributed by atoms with Gasteiger partial charge in [-0.2, -0.15) is 13.2 Å². The number of aryl methyl sites for hydroxylation is 1. The van der Waals surface area contributed by atoms with Gasteiger partial charge in [0.2, 0.25) is 0 Å². The van der Waals surface area contributed by atoms with Crippen LogP contribution in [0.1, 0.15) is 31.9 Å². The first-order valence-electron chi connectivity index (χ1n) is 5.80. The average Bonchev–Trinajstić information content (AvgIpc) is 2.09. The molecule has 0 N–H and O–H groups in total. The van der Waals surface area contributed by atoms with Gasteiger partial charge in [0.25, 0.3) is 5.92 Å². The zero-order valence-corrected chi connectivity index (χ0v) is 11.5. The zero-order valence-electron chi connectivity index (χ0n) is 11.5. The molecule has 110 valence electrons. The molecule has 0 atom stereocenters. The molecule has 0 aromatic heterocycles. The highest BCUT2D eigenvalue weighted by atomic mass is 19.4. The molecule has 0 heterocycles. The molecule has 0 bridgehead atoms. The number of alkyl halides is 5. The highest BCUT2D eigenvalue weighted by molar-refractivity contribution is 6.32. The molecule has 0 fully saturated rings. The van der Waals surface area contributed by atoms with E-state index in [0.717, 1.165) is 26.0 Å². The fraction of sp³-hybridized carbons (Fsp3) is 0.538. The van der Waals surface area contributed by atoms with E-state index in [1.807, 2.05) is 0 Å². The third-order valence-electron chi connectivity index (χ3n) is 3.03. The Balaban J connectivity index is 3.39. The number of benzene rings is 1. The van der Waals surface area contributed by atoms with Gasteiger partial charge in [0.05, 0.1) is 0 Å². The van der Waals surface area contributed by atoms with Crippen LogP contribution in [-0.2, 0) is 6.18 Å². The van der Waals surface area contributed by atoms with E-state index < -0.39 is 29.0 Å². The van der Waals surface area contributed by atoms with Crippen LogP contribution in [0.5, 0.6) is 5.75 Å². The molecule has 0 aliphatic rings. The number of halogens is 5. The molecule has 1 aromatic carbocycles. The quantitative estimate of drug-likeness (QED) is 0.610. The Kier molecular flexibility index (Phi) is 4.14. The van der Waals surface area contributed by atoms with E-state index in [1.54, 1.807) is 0 Å². The lowest BCUT2D eigenvalue weighted by Crippen LogP contribution is -2.46. The summed E-state index contributed by atoms with van der Waals surface area (Å²) in [6, 6.07) is 2.02. The second-order valence-corrected chi connectivity index (χ2v) is 5.21. The van der Waals surface area contributed by atoms with Crippen molar-refractivity contribution < 1.29 is 26.7 Å². The summed E-state index contributed by atoms with van der Waals surface area (Å²) < 4.78 is 70.7. The SMILES string of the molecule is [B]c1cc(C)c(C(F)(F)F)c(OC(C)(C)C(C)(F)F)c1. The summed E-state index contributed by atoms with van der Waals surface area (Å²) >= 11 is 0. The van der Waals surface area contributed by atoms with Crippen molar-refractivity contribution in [3.05, 3.63) is 23.3 Å². The Hall–Kier alpha value is -1.27. The Morgan fingerprint density at radius 1 is 1.00 bits per heavy atom. The molecule has 0 amide bonds. The molecule has 0 aliphatic heterocycles. The molecule has 0 saturated carbocycles. The lowest BCUT2D eigenvalue weighted by molar-refractivity contribution is -0.151. The van der Waals surface area contributed by atoms with Crippen LogP contribution in [0.15, 0.2) is 12.1 Å². The maximum absolute atomic E-state index is 13.4. The first kappa shape index (κ1) is 16.8. The van der Waals surface area contributed by atoms with Gasteiger partial charge < -0.3 is 4.74 Å². The minimum absolute atomic E-state index is 0.0146. The van der Waals surface area contributed by atoms with Gasteiger partial charge in [-0.3, -0.25) is 0 Å². The van der Waals surface area contributed by atoms with Crippen molar-refractivity contribution in [1.29, 1.82) is 0 Å². The minimum atomic E-state index is -4.72. The van der Waals surface area contributed by atoms with Crippen LogP contribution in [0.25, 0.3) is 0 Å². The van der Waals surface area contributed by atoms with Crippen molar-refractivity contribution in [3.8, 4) is 5.75 Å². The van der Waals surface area contributed by atoms with Gasteiger partial charge in [-0.15, -0.1) is 0 Å². The summed E-state index contributed by atoms with van der Waals surface area (Å²) in [5.41, 5.74) is -3.36. The monoisotopic (exact) mass is 292 g/mol. The summed E-state index contributed by atoms with van der Waals surface area (Å²) in [4.78, 5) is 0. The van der Waals surface area contributed by atoms with E-state index >= 15 is 0 Å². The normalized spacial score (nSPS) is 13.4. The van der Waals surface area contributed by atoms with Crippen molar-refractivity contribution in [1.82, 2.24) is 0 Å². The van der Waals surface area contributed by atoms with Gasteiger partial charge in [0.15, 0.2) is 5.60 Å². The smallest absolute Gasteiger partial charge is 0.420 e. The number of rotatable bonds is 3. The molecule has 1 aromatic rings. The molecular weight excluding hydrogens is 278 g/mol. The second-order valence-electron chi connectivity index (χ2n) is 5.21. The van der Waals surface area contributed by atoms with E-state index in [1.165, 1.54) is 6.92 Å². The lowest BCUT2D eigenvalue weighted by atomic mass is 9.91.